The Balaban J connectivity index is 4.94. The van der Waals surface area contributed by atoms with Gasteiger partial charge in [0, 0.05) is 25.7 Å². The maximum atomic E-state index is 10.9. The molecule has 0 saturated heterocycles. The molecular formula is C15H35NO6S2Si. The highest BCUT2D eigenvalue weighted by molar-refractivity contribution is 7.85. The minimum absolute atomic E-state index is 0.224. The van der Waals surface area contributed by atoms with E-state index in [1.807, 2.05) is 0 Å². The maximum absolute atomic E-state index is 10.9. The molecule has 0 amide bonds. The molecule has 0 aliphatic carbocycles. The Hall–Kier alpha value is 0.157. The number of quaternary nitrogens is 1. The zero-order valence-corrected chi connectivity index (χ0v) is 18.7. The van der Waals surface area contributed by atoms with Gasteiger partial charge in [-0.25, -0.2) is 12.6 Å². The van der Waals surface area contributed by atoms with Crippen LogP contribution in [0.3, 0.4) is 0 Å². The van der Waals surface area contributed by atoms with Gasteiger partial charge in [-0.05, 0) is 32.0 Å². The monoisotopic (exact) mass is 417 g/mol. The Kier molecular flexibility index (Phi) is 11.9. The molecule has 0 radical (unpaired) electrons. The molecule has 152 valence electrons. The zero-order chi connectivity index (χ0) is 19.6. The van der Waals surface area contributed by atoms with Gasteiger partial charge in [0.2, 0.25) is 0 Å². The summed E-state index contributed by atoms with van der Waals surface area (Å²) in [6.45, 7) is 9.52. The molecule has 0 spiro atoms. The highest BCUT2D eigenvalue weighted by Gasteiger charge is 2.28. The van der Waals surface area contributed by atoms with Crippen LogP contribution in [0.4, 0.5) is 0 Å². The lowest BCUT2D eigenvalue weighted by Gasteiger charge is -2.39. The number of nitrogens with zero attached hydrogens (tertiary/aromatic N) is 1. The van der Waals surface area contributed by atoms with E-state index in [4.69, 9.17) is 8.98 Å². The van der Waals surface area contributed by atoms with E-state index in [-0.39, 0.29) is 11.5 Å². The smallest absolute Gasteiger partial charge is 0.186 e. The van der Waals surface area contributed by atoms with Crippen LogP contribution in [-0.2, 0) is 25.6 Å². The third-order valence-corrected chi connectivity index (χ3v) is 8.73. The zero-order valence-electron chi connectivity index (χ0n) is 16.0. The highest BCUT2D eigenvalue weighted by atomic mass is 32.2. The van der Waals surface area contributed by atoms with Gasteiger partial charge in [-0.1, -0.05) is 6.92 Å². The van der Waals surface area contributed by atoms with Crippen molar-refractivity contribution in [3.63, 3.8) is 0 Å². The van der Waals surface area contributed by atoms with Crippen LogP contribution in [0.15, 0.2) is 0 Å². The van der Waals surface area contributed by atoms with Crippen LogP contribution in [0.1, 0.15) is 32.6 Å². The van der Waals surface area contributed by atoms with E-state index in [2.05, 4.69) is 20.0 Å². The van der Waals surface area contributed by atoms with Gasteiger partial charge in [0.1, 0.15) is 0 Å². The molecule has 0 aliphatic rings. The molecule has 25 heavy (non-hydrogen) atoms. The van der Waals surface area contributed by atoms with E-state index in [0.29, 0.717) is 23.9 Å². The Labute approximate surface area is 156 Å². The van der Waals surface area contributed by atoms with Crippen molar-refractivity contribution in [3.05, 3.63) is 0 Å². The molecule has 1 N–H and O–H groups in total. The second kappa shape index (κ2) is 11.8. The van der Waals surface area contributed by atoms with Crippen LogP contribution in [0.2, 0.25) is 19.1 Å². The standard InChI is InChI=1S/C15H35NO6S2Si/c1-5-9-16(10-6-13-23(17)18,11-7-14-24(19,20)21)12-8-15-25(3,4)22-2/h5-15H2,1-4H3,(H-,17,18,19,20,21). The Morgan fingerprint density at radius 2 is 1.68 bits per heavy atom. The number of hydrogen-bond donors (Lipinski definition) is 1. The molecular weight excluding hydrogens is 382 g/mol. The van der Waals surface area contributed by atoms with Crippen molar-refractivity contribution >= 4 is 29.5 Å². The first-order valence-corrected chi connectivity index (χ1v) is 14.8. The minimum atomic E-state index is -4.20. The second-order valence-electron chi connectivity index (χ2n) is 7.30. The molecule has 0 saturated carbocycles. The van der Waals surface area contributed by atoms with Gasteiger partial charge in [0.15, 0.2) is 19.4 Å². The van der Waals surface area contributed by atoms with E-state index in [1.165, 1.54) is 0 Å². The minimum Gasteiger partial charge on any atom is -0.748 e. The van der Waals surface area contributed by atoms with E-state index in [1.54, 1.807) is 7.11 Å². The fourth-order valence-corrected chi connectivity index (χ4v) is 5.26. The van der Waals surface area contributed by atoms with E-state index < -0.39 is 29.5 Å². The number of hydrogen-bond acceptors (Lipinski definition) is 5. The van der Waals surface area contributed by atoms with Crippen LogP contribution in [-0.4, -0.2) is 79.3 Å². The molecule has 0 bridgehead atoms. The summed E-state index contributed by atoms with van der Waals surface area (Å²) in [5, 5.41) is 0. The van der Waals surface area contributed by atoms with Crippen LogP contribution < -0.4 is 0 Å². The van der Waals surface area contributed by atoms with Gasteiger partial charge in [0.05, 0.1) is 42.1 Å². The van der Waals surface area contributed by atoms with Crippen molar-refractivity contribution in [3.8, 4) is 0 Å². The largest absolute Gasteiger partial charge is 0.748 e. The molecule has 10 heteroatoms. The SMILES string of the molecule is CCC[N+](CCCS(=O)O)(CCC[Si](C)(C)OC)CCCS(=O)(=O)[O-]. The lowest BCUT2D eigenvalue weighted by Crippen LogP contribution is -2.51. The lowest BCUT2D eigenvalue weighted by molar-refractivity contribution is -0.928. The van der Waals surface area contributed by atoms with Crippen molar-refractivity contribution in [1.82, 2.24) is 0 Å². The van der Waals surface area contributed by atoms with Crippen molar-refractivity contribution < 1.29 is 30.6 Å². The summed E-state index contributed by atoms with van der Waals surface area (Å²) >= 11 is -1.81. The fourth-order valence-electron chi connectivity index (χ4n) is 3.19. The van der Waals surface area contributed by atoms with Gasteiger partial charge >= 0.3 is 0 Å². The van der Waals surface area contributed by atoms with Crippen LogP contribution in [0.25, 0.3) is 0 Å². The molecule has 0 aromatic heterocycles. The molecule has 0 aliphatic heterocycles. The van der Waals surface area contributed by atoms with E-state index in [0.717, 1.165) is 38.5 Å². The normalized spacial score (nSPS) is 16.6. The van der Waals surface area contributed by atoms with Gasteiger partial charge in [-0.15, -0.1) is 0 Å². The maximum Gasteiger partial charge on any atom is 0.186 e. The lowest BCUT2D eigenvalue weighted by atomic mass is 10.2. The average Bonchev–Trinajstić information content (AvgIpc) is 2.45. The second-order valence-corrected chi connectivity index (χ2v) is 14.3. The van der Waals surface area contributed by atoms with Gasteiger partial charge < -0.3 is 18.0 Å². The summed E-state index contributed by atoms with van der Waals surface area (Å²) in [5.74, 6) is -0.122. The summed E-state index contributed by atoms with van der Waals surface area (Å²) in [7, 11) is -4.11. The van der Waals surface area contributed by atoms with E-state index in [9.17, 15) is 17.2 Å². The first-order chi connectivity index (χ1) is 11.5. The van der Waals surface area contributed by atoms with E-state index >= 15 is 0 Å². The summed E-state index contributed by atoms with van der Waals surface area (Å²) in [5.41, 5.74) is 0. The Morgan fingerprint density at radius 1 is 1.12 bits per heavy atom. The summed E-state index contributed by atoms with van der Waals surface area (Å²) in [6, 6.07) is 1.01. The first kappa shape index (κ1) is 25.2. The van der Waals surface area contributed by atoms with Gasteiger partial charge in [-0.2, -0.15) is 0 Å². The van der Waals surface area contributed by atoms with Crippen molar-refractivity contribution in [2.75, 3.05) is 44.8 Å². The van der Waals surface area contributed by atoms with Crippen molar-refractivity contribution in [2.24, 2.45) is 0 Å². The fraction of sp³-hybridized carbons (Fsp3) is 1.00. The van der Waals surface area contributed by atoms with Gasteiger partial charge in [0.25, 0.3) is 0 Å². The molecule has 7 nitrogen and oxygen atoms in total. The molecule has 0 rings (SSSR count). The third kappa shape index (κ3) is 13.0. The third-order valence-electron chi connectivity index (χ3n) is 4.64. The summed E-state index contributed by atoms with van der Waals surface area (Å²) in [6.07, 6.45) is 2.86. The quantitative estimate of drug-likeness (QED) is 0.189. The predicted molar refractivity (Wildman–Crippen MR) is 103 cm³/mol. The van der Waals surface area contributed by atoms with Crippen molar-refractivity contribution in [2.45, 2.75) is 51.7 Å². The Morgan fingerprint density at radius 3 is 2.16 bits per heavy atom. The predicted octanol–water partition coefficient (Wildman–Crippen LogP) is 2.00. The topological polar surface area (TPSA) is 104 Å². The molecule has 2 unspecified atom stereocenters. The first-order valence-electron chi connectivity index (χ1n) is 8.86. The van der Waals surface area contributed by atoms with Crippen LogP contribution in [0.5, 0.6) is 0 Å². The van der Waals surface area contributed by atoms with Crippen molar-refractivity contribution in [1.29, 1.82) is 0 Å². The summed E-state index contributed by atoms with van der Waals surface area (Å²) in [4.78, 5) is 0. The summed E-state index contributed by atoms with van der Waals surface area (Å²) < 4.78 is 59.0. The van der Waals surface area contributed by atoms with Crippen LogP contribution in [0, 0.1) is 0 Å². The molecule has 0 aromatic rings. The van der Waals surface area contributed by atoms with Gasteiger partial charge in [-0.3, -0.25) is 0 Å². The Bertz CT molecular complexity index is 500. The molecule has 2 atom stereocenters. The molecule has 0 heterocycles. The molecule has 0 fully saturated rings. The number of rotatable bonds is 15. The highest BCUT2D eigenvalue weighted by Crippen LogP contribution is 2.19. The van der Waals surface area contributed by atoms with Crippen LogP contribution >= 0.6 is 0 Å². The molecule has 0 aromatic carbocycles. The average molecular weight is 418 g/mol.